The first-order valence-electron chi connectivity index (χ1n) is 8.76. The number of nitrogens with one attached hydrogen (secondary N) is 2. The number of amides is 1. The van der Waals surface area contributed by atoms with Crippen LogP contribution < -0.4 is 10.8 Å². The van der Waals surface area contributed by atoms with Gasteiger partial charge in [0.2, 0.25) is 0 Å². The maximum Gasteiger partial charge on any atom is 0.492 e. The Labute approximate surface area is 169 Å². The van der Waals surface area contributed by atoms with Crippen molar-refractivity contribution in [3.8, 4) is 0 Å². The minimum Gasteiger partial charge on any atom is -0.456 e. The number of benzene rings is 1. The zero-order valence-corrected chi connectivity index (χ0v) is 16.7. The van der Waals surface area contributed by atoms with E-state index in [4.69, 9.17) is 9.39 Å². The Morgan fingerprint density at radius 2 is 2.18 bits per heavy atom. The lowest BCUT2D eigenvalue weighted by atomic mass is 9.75. The Bertz CT molecular complexity index is 844. The van der Waals surface area contributed by atoms with E-state index in [0.717, 1.165) is 5.56 Å². The van der Waals surface area contributed by atoms with Gasteiger partial charge in [0.05, 0.1) is 6.61 Å². The number of halogens is 1. The summed E-state index contributed by atoms with van der Waals surface area (Å²) in [5, 5.41) is 12.7. The minimum atomic E-state index is -1.04. The molecule has 0 radical (unpaired) electrons. The van der Waals surface area contributed by atoms with Crippen molar-refractivity contribution >= 4 is 36.9 Å². The predicted octanol–water partition coefficient (Wildman–Crippen LogP) is 0.855. The molecule has 3 rings (SSSR count). The summed E-state index contributed by atoms with van der Waals surface area (Å²) >= 11 is 0. The van der Waals surface area contributed by atoms with E-state index in [9.17, 15) is 14.6 Å². The van der Waals surface area contributed by atoms with Crippen molar-refractivity contribution in [2.45, 2.75) is 40.0 Å². The van der Waals surface area contributed by atoms with E-state index in [1.165, 1.54) is 0 Å². The zero-order chi connectivity index (χ0) is 19.6. The lowest BCUT2D eigenvalue weighted by Gasteiger charge is -2.21. The average Bonchev–Trinajstić information content (AvgIpc) is 3.27. The van der Waals surface area contributed by atoms with Gasteiger partial charge in [0.25, 0.3) is 5.91 Å². The topological polar surface area (TPSA) is 114 Å². The van der Waals surface area contributed by atoms with E-state index in [1.807, 2.05) is 13.8 Å². The van der Waals surface area contributed by atoms with Crippen LogP contribution in [0.2, 0.25) is 0 Å². The average molecular weight is 408 g/mol. The molecule has 0 aliphatic carbocycles. The van der Waals surface area contributed by atoms with Crippen LogP contribution in [0.1, 0.15) is 41.2 Å². The highest BCUT2D eigenvalue weighted by Gasteiger charge is 2.32. The minimum absolute atomic E-state index is 0. The van der Waals surface area contributed by atoms with E-state index < -0.39 is 25.0 Å². The van der Waals surface area contributed by atoms with Crippen molar-refractivity contribution in [2.75, 3.05) is 0 Å². The first kappa shape index (κ1) is 21.9. The summed E-state index contributed by atoms with van der Waals surface area (Å²) in [6.45, 7) is 5.73. The number of hydrogen-bond donors (Lipinski definition) is 3. The number of aromatic nitrogens is 2. The fourth-order valence-corrected chi connectivity index (χ4v) is 3.08. The number of fused-ring (bicyclic) bond motifs is 1. The second-order valence-corrected chi connectivity index (χ2v) is 6.81. The summed E-state index contributed by atoms with van der Waals surface area (Å²) in [5.41, 5.74) is 2.50. The molecule has 8 nitrogen and oxygen atoms in total. The second-order valence-electron chi connectivity index (χ2n) is 6.81. The largest absolute Gasteiger partial charge is 0.492 e. The Morgan fingerprint density at radius 1 is 1.43 bits per heavy atom. The summed E-state index contributed by atoms with van der Waals surface area (Å²) in [5.74, 6) is -0.567. The molecule has 0 fully saturated rings. The van der Waals surface area contributed by atoms with Crippen LogP contribution in [0.25, 0.3) is 0 Å². The molecular weight excluding hydrogens is 384 g/mol. The maximum absolute atomic E-state index is 12.8. The standard InChI is InChI=1S/C18H22BN3O5.ClH/c1-10(2)16(18(24)26-9-14-20-6-7-21-14)22-17(23)13-5-4-12-8-27-19(25)15(12)11(13)3;/h4-7,10,16,25H,8-9H2,1-3H3,(H,20,21)(H,22,23);1H/t16-;/m0./s1. The molecule has 3 N–H and O–H groups in total. The fraction of sp³-hybridized carbons (Fsp3) is 0.389. The fourth-order valence-electron chi connectivity index (χ4n) is 3.08. The Kier molecular flexibility index (Phi) is 7.23. The molecule has 1 atom stereocenters. The number of ether oxygens (including phenoxy) is 1. The number of carbonyl (C=O) groups is 2. The van der Waals surface area contributed by atoms with Crippen molar-refractivity contribution in [1.82, 2.24) is 15.3 Å². The number of carbonyl (C=O) groups excluding carboxylic acids is 2. The molecule has 0 saturated carbocycles. The van der Waals surface area contributed by atoms with Crippen LogP contribution in [0.4, 0.5) is 0 Å². The molecule has 0 bridgehead atoms. The lowest BCUT2D eigenvalue weighted by Crippen LogP contribution is -2.46. The summed E-state index contributed by atoms with van der Waals surface area (Å²) in [7, 11) is -1.04. The van der Waals surface area contributed by atoms with Gasteiger partial charge in [-0.3, -0.25) is 4.79 Å². The van der Waals surface area contributed by atoms with E-state index in [-0.39, 0.29) is 24.9 Å². The quantitative estimate of drug-likeness (QED) is 0.483. The predicted molar refractivity (Wildman–Crippen MR) is 105 cm³/mol. The molecule has 150 valence electrons. The van der Waals surface area contributed by atoms with Gasteiger partial charge in [-0.15, -0.1) is 12.4 Å². The summed E-state index contributed by atoms with van der Waals surface area (Å²) in [4.78, 5) is 32.0. The number of imidazole rings is 1. The Hall–Kier alpha value is -2.36. The molecular formula is C18H23BClN3O5. The molecule has 2 aromatic rings. The number of hydrogen-bond acceptors (Lipinski definition) is 6. The highest BCUT2D eigenvalue weighted by atomic mass is 35.5. The van der Waals surface area contributed by atoms with E-state index in [1.54, 1.807) is 31.5 Å². The number of aromatic amines is 1. The molecule has 1 aromatic heterocycles. The van der Waals surface area contributed by atoms with Gasteiger partial charge in [0.1, 0.15) is 18.5 Å². The lowest BCUT2D eigenvalue weighted by molar-refractivity contribution is -0.148. The van der Waals surface area contributed by atoms with E-state index >= 15 is 0 Å². The highest BCUT2D eigenvalue weighted by Crippen LogP contribution is 2.17. The van der Waals surface area contributed by atoms with Crippen LogP contribution in [0.15, 0.2) is 24.5 Å². The third-order valence-electron chi connectivity index (χ3n) is 4.61. The van der Waals surface area contributed by atoms with Gasteiger partial charge in [-0.25, -0.2) is 9.78 Å². The molecule has 28 heavy (non-hydrogen) atoms. The van der Waals surface area contributed by atoms with Crippen LogP contribution in [-0.2, 0) is 27.4 Å². The van der Waals surface area contributed by atoms with Gasteiger partial charge in [-0.2, -0.15) is 0 Å². The van der Waals surface area contributed by atoms with Gasteiger partial charge in [0, 0.05) is 18.0 Å². The van der Waals surface area contributed by atoms with Gasteiger partial charge in [-0.1, -0.05) is 19.9 Å². The van der Waals surface area contributed by atoms with Crippen LogP contribution in [0.5, 0.6) is 0 Å². The van der Waals surface area contributed by atoms with Crippen molar-refractivity contribution in [2.24, 2.45) is 5.92 Å². The second kappa shape index (κ2) is 9.23. The van der Waals surface area contributed by atoms with Gasteiger partial charge < -0.3 is 24.7 Å². The van der Waals surface area contributed by atoms with Gasteiger partial charge in [0.15, 0.2) is 0 Å². The molecule has 1 aromatic carbocycles. The molecule has 1 aliphatic rings. The smallest absolute Gasteiger partial charge is 0.456 e. The number of nitrogens with zero attached hydrogens (tertiary/aromatic N) is 1. The Morgan fingerprint density at radius 3 is 2.82 bits per heavy atom. The monoisotopic (exact) mass is 407 g/mol. The maximum atomic E-state index is 12.8. The molecule has 0 unspecified atom stereocenters. The molecule has 2 heterocycles. The number of rotatable bonds is 6. The van der Waals surface area contributed by atoms with Gasteiger partial charge >= 0.3 is 13.1 Å². The Balaban J connectivity index is 0.00000280. The first-order valence-corrected chi connectivity index (χ1v) is 8.76. The van der Waals surface area contributed by atoms with Crippen LogP contribution >= 0.6 is 12.4 Å². The van der Waals surface area contributed by atoms with E-state index in [0.29, 0.717) is 29.0 Å². The summed E-state index contributed by atoms with van der Waals surface area (Å²) in [6, 6.07) is 2.63. The zero-order valence-electron chi connectivity index (χ0n) is 15.9. The normalized spacial score (nSPS) is 13.7. The number of H-pyrrole nitrogens is 1. The molecule has 0 saturated heterocycles. The molecule has 1 amide bonds. The third kappa shape index (κ3) is 4.55. The van der Waals surface area contributed by atoms with Crippen molar-refractivity contribution in [1.29, 1.82) is 0 Å². The number of esters is 1. The SMILES string of the molecule is Cc1c(C(=O)N[C@H](C(=O)OCc2ncc[nH]2)C(C)C)ccc2c1B(O)OC2.Cl. The summed E-state index contributed by atoms with van der Waals surface area (Å²) in [6.07, 6.45) is 3.21. The van der Waals surface area contributed by atoms with Crippen LogP contribution in [-0.4, -0.2) is 40.0 Å². The first-order chi connectivity index (χ1) is 12.9. The molecule has 0 spiro atoms. The van der Waals surface area contributed by atoms with Crippen molar-refractivity contribution in [3.05, 3.63) is 47.0 Å². The van der Waals surface area contributed by atoms with Crippen molar-refractivity contribution in [3.63, 3.8) is 0 Å². The molecule has 10 heteroatoms. The van der Waals surface area contributed by atoms with Crippen LogP contribution in [0.3, 0.4) is 0 Å². The third-order valence-corrected chi connectivity index (χ3v) is 4.61. The molecule has 1 aliphatic heterocycles. The van der Waals surface area contributed by atoms with Gasteiger partial charge in [-0.05, 0) is 35.5 Å². The highest BCUT2D eigenvalue weighted by molar-refractivity contribution is 6.62. The van der Waals surface area contributed by atoms with E-state index in [2.05, 4.69) is 15.3 Å². The van der Waals surface area contributed by atoms with Crippen molar-refractivity contribution < 1.29 is 24.0 Å². The van der Waals surface area contributed by atoms with Crippen LogP contribution in [0, 0.1) is 12.8 Å². The summed E-state index contributed by atoms with van der Waals surface area (Å²) < 4.78 is 10.5.